The summed E-state index contributed by atoms with van der Waals surface area (Å²) in [5.41, 5.74) is 0.265. The minimum absolute atomic E-state index is 0.0932. The Hall–Kier alpha value is -2.55. The van der Waals surface area contributed by atoms with Gasteiger partial charge in [0.1, 0.15) is 5.75 Å². The SMILES string of the molecule is COc1cc(-n2nc(C(=O)O)c3c2CC(C)OC3)ccc1C(F)(F)F. The van der Waals surface area contributed by atoms with Crippen LogP contribution in [0, 0.1) is 0 Å². The molecule has 0 aliphatic carbocycles. The fraction of sp³-hybridized carbons (Fsp3) is 0.375. The summed E-state index contributed by atoms with van der Waals surface area (Å²) in [5.74, 6) is -1.57. The summed E-state index contributed by atoms with van der Waals surface area (Å²) in [5, 5.41) is 13.4. The largest absolute Gasteiger partial charge is 0.496 e. The highest BCUT2D eigenvalue weighted by Crippen LogP contribution is 2.37. The lowest BCUT2D eigenvalue weighted by atomic mass is 10.1. The monoisotopic (exact) mass is 356 g/mol. The van der Waals surface area contributed by atoms with Crippen molar-refractivity contribution in [3.63, 3.8) is 0 Å². The summed E-state index contributed by atoms with van der Waals surface area (Å²) < 4.78 is 50.7. The molecule has 134 valence electrons. The number of carbonyl (C=O) groups is 1. The third-order valence-electron chi connectivity index (χ3n) is 4.02. The molecule has 9 heteroatoms. The predicted molar refractivity (Wildman–Crippen MR) is 80.0 cm³/mol. The first kappa shape index (κ1) is 17.3. The minimum Gasteiger partial charge on any atom is -0.496 e. The maximum atomic E-state index is 13.0. The Morgan fingerprint density at radius 2 is 2.16 bits per heavy atom. The number of aromatic nitrogens is 2. The average Bonchev–Trinajstić information content (AvgIpc) is 2.92. The number of hydrogen-bond donors (Lipinski definition) is 1. The van der Waals surface area contributed by atoms with E-state index in [0.717, 1.165) is 13.2 Å². The van der Waals surface area contributed by atoms with Crippen LogP contribution in [0.4, 0.5) is 13.2 Å². The van der Waals surface area contributed by atoms with Crippen LogP contribution in [-0.4, -0.2) is 34.1 Å². The third-order valence-corrected chi connectivity index (χ3v) is 4.02. The van der Waals surface area contributed by atoms with E-state index in [-0.39, 0.29) is 24.2 Å². The standard InChI is InChI=1S/C16H15F3N2O4/c1-8-5-12-10(7-25-8)14(15(22)23)20-21(12)9-3-4-11(16(17,18)19)13(6-9)24-2/h3-4,6,8H,5,7H2,1-2H3,(H,22,23). The second-order valence-corrected chi connectivity index (χ2v) is 5.70. The van der Waals surface area contributed by atoms with Crippen LogP contribution in [0.1, 0.15) is 34.2 Å². The van der Waals surface area contributed by atoms with Gasteiger partial charge in [-0.05, 0) is 19.1 Å². The number of carboxylic acids is 1. The van der Waals surface area contributed by atoms with Gasteiger partial charge in [0.15, 0.2) is 5.69 Å². The number of benzene rings is 1. The molecule has 0 fully saturated rings. The van der Waals surface area contributed by atoms with Gasteiger partial charge in [0.2, 0.25) is 0 Å². The Kier molecular flexibility index (Phi) is 4.19. The van der Waals surface area contributed by atoms with Crippen molar-refractivity contribution in [1.29, 1.82) is 0 Å². The lowest BCUT2D eigenvalue weighted by Crippen LogP contribution is -2.21. The molecule has 0 radical (unpaired) electrons. The molecule has 6 nitrogen and oxygen atoms in total. The van der Waals surface area contributed by atoms with Gasteiger partial charge in [0.05, 0.1) is 36.8 Å². The Morgan fingerprint density at radius 1 is 1.44 bits per heavy atom. The molecule has 1 aliphatic rings. The molecule has 1 unspecified atom stereocenters. The Balaban J connectivity index is 2.15. The van der Waals surface area contributed by atoms with Crippen LogP contribution < -0.4 is 4.74 Å². The zero-order chi connectivity index (χ0) is 18.4. The summed E-state index contributed by atoms with van der Waals surface area (Å²) in [6, 6.07) is 3.33. The fourth-order valence-electron chi connectivity index (χ4n) is 2.83. The number of methoxy groups -OCH3 is 1. The van der Waals surface area contributed by atoms with E-state index in [9.17, 15) is 23.1 Å². The zero-order valence-electron chi connectivity index (χ0n) is 13.4. The third kappa shape index (κ3) is 3.07. The van der Waals surface area contributed by atoms with Crippen molar-refractivity contribution in [3.05, 3.63) is 40.7 Å². The molecule has 1 aromatic heterocycles. The first-order valence-corrected chi connectivity index (χ1v) is 7.43. The lowest BCUT2D eigenvalue weighted by Gasteiger charge is -2.21. The topological polar surface area (TPSA) is 73.6 Å². The highest BCUT2D eigenvalue weighted by Gasteiger charge is 2.35. The Bertz CT molecular complexity index is 830. The molecule has 1 atom stereocenters. The Morgan fingerprint density at radius 3 is 2.76 bits per heavy atom. The quantitative estimate of drug-likeness (QED) is 0.915. The summed E-state index contributed by atoms with van der Waals surface area (Å²) in [7, 11) is 1.14. The smallest absolute Gasteiger partial charge is 0.419 e. The number of halogens is 3. The van der Waals surface area contributed by atoms with Crippen molar-refractivity contribution in [1.82, 2.24) is 9.78 Å². The summed E-state index contributed by atoms with van der Waals surface area (Å²) in [6.45, 7) is 1.92. The number of ether oxygens (including phenoxy) is 2. The van der Waals surface area contributed by atoms with E-state index in [4.69, 9.17) is 9.47 Å². The molecular weight excluding hydrogens is 341 g/mol. The maximum Gasteiger partial charge on any atom is 0.419 e. The van der Waals surface area contributed by atoms with Crippen LogP contribution >= 0.6 is 0 Å². The van der Waals surface area contributed by atoms with Gasteiger partial charge in [-0.2, -0.15) is 18.3 Å². The number of hydrogen-bond acceptors (Lipinski definition) is 4. The number of alkyl halides is 3. The van der Waals surface area contributed by atoms with Gasteiger partial charge >= 0.3 is 12.1 Å². The van der Waals surface area contributed by atoms with E-state index in [1.54, 1.807) is 0 Å². The molecule has 0 amide bonds. The van der Waals surface area contributed by atoms with Crippen molar-refractivity contribution in [2.45, 2.75) is 32.2 Å². The van der Waals surface area contributed by atoms with Crippen LogP contribution in [0.2, 0.25) is 0 Å². The van der Waals surface area contributed by atoms with E-state index >= 15 is 0 Å². The molecule has 25 heavy (non-hydrogen) atoms. The van der Waals surface area contributed by atoms with Gasteiger partial charge in [-0.1, -0.05) is 0 Å². The van der Waals surface area contributed by atoms with E-state index < -0.39 is 17.7 Å². The number of aromatic carboxylic acids is 1. The van der Waals surface area contributed by atoms with E-state index in [0.29, 0.717) is 23.4 Å². The van der Waals surface area contributed by atoms with Crippen LogP contribution in [0.3, 0.4) is 0 Å². The van der Waals surface area contributed by atoms with Crippen molar-refractivity contribution in [2.75, 3.05) is 7.11 Å². The van der Waals surface area contributed by atoms with E-state index in [1.807, 2.05) is 6.92 Å². The number of fused-ring (bicyclic) bond motifs is 1. The van der Waals surface area contributed by atoms with Gasteiger partial charge < -0.3 is 14.6 Å². The maximum absolute atomic E-state index is 13.0. The summed E-state index contributed by atoms with van der Waals surface area (Å²) in [4.78, 5) is 11.4. The molecule has 0 saturated carbocycles. The van der Waals surface area contributed by atoms with Crippen LogP contribution in [0.25, 0.3) is 5.69 Å². The first-order valence-electron chi connectivity index (χ1n) is 7.43. The number of nitrogens with zero attached hydrogens (tertiary/aromatic N) is 2. The molecule has 3 rings (SSSR count). The van der Waals surface area contributed by atoms with Gasteiger partial charge in [0.25, 0.3) is 0 Å². The average molecular weight is 356 g/mol. The minimum atomic E-state index is -4.55. The lowest BCUT2D eigenvalue weighted by molar-refractivity contribution is -0.138. The molecule has 2 heterocycles. The van der Waals surface area contributed by atoms with Gasteiger partial charge in [0, 0.05) is 18.1 Å². The second kappa shape index (κ2) is 6.07. The highest BCUT2D eigenvalue weighted by atomic mass is 19.4. The van der Waals surface area contributed by atoms with Gasteiger partial charge in [-0.25, -0.2) is 9.48 Å². The van der Waals surface area contributed by atoms with E-state index in [2.05, 4.69) is 5.10 Å². The molecule has 0 spiro atoms. The Labute approximate surface area is 140 Å². The van der Waals surface area contributed by atoms with Crippen molar-refractivity contribution < 1.29 is 32.5 Å². The first-order chi connectivity index (χ1) is 11.7. The fourth-order valence-corrected chi connectivity index (χ4v) is 2.83. The molecule has 0 bridgehead atoms. The molecule has 1 N–H and O–H groups in total. The number of carboxylic acid groups (broad SMARTS) is 1. The molecule has 0 saturated heterocycles. The molecule has 1 aliphatic heterocycles. The summed E-state index contributed by atoms with van der Waals surface area (Å²) >= 11 is 0. The van der Waals surface area contributed by atoms with Crippen LogP contribution in [0.5, 0.6) is 5.75 Å². The van der Waals surface area contributed by atoms with Gasteiger partial charge in [-0.15, -0.1) is 0 Å². The van der Waals surface area contributed by atoms with Crippen LogP contribution in [0.15, 0.2) is 18.2 Å². The summed E-state index contributed by atoms with van der Waals surface area (Å²) in [6.07, 6.45) is -4.30. The van der Waals surface area contributed by atoms with Crippen molar-refractivity contribution in [2.24, 2.45) is 0 Å². The predicted octanol–water partition coefficient (Wildman–Crippen LogP) is 3.06. The van der Waals surface area contributed by atoms with Gasteiger partial charge in [-0.3, -0.25) is 0 Å². The van der Waals surface area contributed by atoms with Crippen LogP contribution in [-0.2, 0) is 23.9 Å². The zero-order valence-corrected chi connectivity index (χ0v) is 13.4. The normalized spacial score (nSPS) is 17.2. The molecular formula is C16H15F3N2O4. The molecule has 2 aromatic rings. The van der Waals surface area contributed by atoms with Crippen molar-refractivity contribution in [3.8, 4) is 11.4 Å². The van der Waals surface area contributed by atoms with Crippen molar-refractivity contribution >= 4 is 5.97 Å². The van der Waals surface area contributed by atoms with E-state index in [1.165, 1.54) is 16.8 Å². The highest BCUT2D eigenvalue weighted by molar-refractivity contribution is 5.87. The second-order valence-electron chi connectivity index (χ2n) is 5.70. The number of rotatable bonds is 3. The molecule has 1 aromatic carbocycles.